The van der Waals surface area contributed by atoms with E-state index in [-0.39, 0.29) is 4.75 Å². The molecule has 0 amide bonds. The van der Waals surface area contributed by atoms with Crippen LogP contribution in [-0.4, -0.2) is 20.0 Å². The molecule has 1 aromatic heterocycles. The van der Waals surface area contributed by atoms with Crippen LogP contribution in [0.15, 0.2) is 21.1 Å². The molecule has 0 bridgehead atoms. The van der Waals surface area contributed by atoms with Crippen molar-refractivity contribution in [2.45, 2.75) is 32.4 Å². The second kappa shape index (κ2) is 5.69. The van der Waals surface area contributed by atoms with Crippen LogP contribution in [0, 0.1) is 0 Å². The highest BCUT2D eigenvalue weighted by Gasteiger charge is 2.27. The zero-order valence-electron chi connectivity index (χ0n) is 10.1. The number of nitrogens with zero attached hydrogens (tertiary/aromatic N) is 2. The molecule has 0 aromatic carbocycles. The second-order valence-electron chi connectivity index (χ2n) is 4.53. The predicted octanol–water partition coefficient (Wildman–Crippen LogP) is 3.77. The number of aromatic nitrogens is 1. The fourth-order valence-corrected chi connectivity index (χ4v) is 2.18. The van der Waals surface area contributed by atoms with Gasteiger partial charge in [0.1, 0.15) is 21.3 Å². The first-order valence-corrected chi connectivity index (χ1v) is 7.28. The third kappa shape index (κ3) is 4.25. The van der Waals surface area contributed by atoms with Gasteiger partial charge >= 0.3 is 0 Å². The maximum absolute atomic E-state index is 11.9. The van der Waals surface area contributed by atoms with Crippen molar-refractivity contribution < 1.29 is 4.55 Å². The molecule has 0 aliphatic heterocycles. The molecular formula is C11H14BrClN2OS. The Morgan fingerprint density at radius 1 is 1.53 bits per heavy atom. The summed E-state index contributed by atoms with van der Waals surface area (Å²) in [5.74, 6) is 0. The van der Waals surface area contributed by atoms with Crippen molar-refractivity contribution in [3.8, 4) is 0 Å². The van der Waals surface area contributed by atoms with Gasteiger partial charge in [-0.15, -0.1) is 0 Å². The molecule has 1 heterocycles. The van der Waals surface area contributed by atoms with E-state index in [0.717, 1.165) is 4.47 Å². The molecule has 0 saturated carbocycles. The summed E-state index contributed by atoms with van der Waals surface area (Å²) < 4.78 is 16.5. The zero-order chi connectivity index (χ0) is 13.2. The number of rotatable bonds is 2. The Morgan fingerprint density at radius 2 is 2.12 bits per heavy atom. The van der Waals surface area contributed by atoms with Gasteiger partial charge in [-0.3, -0.25) is 0 Å². The Kier molecular flexibility index (Phi) is 5.01. The lowest BCUT2D eigenvalue weighted by atomic mass is 10.2. The van der Waals surface area contributed by atoms with Crippen molar-refractivity contribution in [1.82, 2.24) is 4.98 Å². The summed E-state index contributed by atoms with van der Waals surface area (Å²) in [4.78, 5) is 4.01. The van der Waals surface area contributed by atoms with Crippen LogP contribution >= 0.6 is 27.5 Å². The first-order chi connectivity index (χ1) is 7.71. The van der Waals surface area contributed by atoms with Gasteiger partial charge < -0.3 is 4.55 Å². The molecule has 0 fully saturated rings. The van der Waals surface area contributed by atoms with Gasteiger partial charge in [-0.2, -0.15) is 0 Å². The Balaban J connectivity index is 3.08. The summed E-state index contributed by atoms with van der Waals surface area (Å²) in [7, 11) is 0. The monoisotopic (exact) mass is 336 g/mol. The molecule has 17 heavy (non-hydrogen) atoms. The van der Waals surface area contributed by atoms with E-state index in [1.54, 1.807) is 13.1 Å². The van der Waals surface area contributed by atoms with Gasteiger partial charge in [-0.25, -0.2) is 4.98 Å². The fourth-order valence-electron chi connectivity index (χ4n) is 0.987. The molecular weight excluding hydrogens is 324 g/mol. The molecule has 1 rings (SSSR count). The van der Waals surface area contributed by atoms with Gasteiger partial charge in [-0.1, -0.05) is 16.0 Å². The Morgan fingerprint density at radius 3 is 2.65 bits per heavy atom. The molecule has 0 aliphatic carbocycles. The number of halogens is 2. The number of pyridine rings is 1. The number of hydrogen-bond donors (Lipinski definition) is 0. The molecule has 0 saturated heterocycles. The van der Waals surface area contributed by atoms with Gasteiger partial charge in [0.05, 0.1) is 5.71 Å². The third-order valence-corrected chi connectivity index (χ3v) is 4.16. The van der Waals surface area contributed by atoms with E-state index in [9.17, 15) is 4.55 Å². The van der Waals surface area contributed by atoms with E-state index in [1.165, 1.54) is 0 Å². The van der Waals surface area contributed by atoms with Crippen LogP contribution in [0.1, 0.15) is 33.3 Å². The van der Waals surface area contributed by atoms with Gasteiger partial charge in [-0.05, 0) is 49.7 Å². The fraction of sp³-hybridized carbons (Fsp3) is 0.455. The minimum atomic E-state index is -1.30. The lowest BCUT2D eigenvalue weighted by Gasteiger charge is -2.18. The van der Waals surface area contributed by atoms with Crippen LogP contribution in [0.5, 0.6) is 0 Å². The maximum Gasteiger partial charge on any atom is 0.144 e. The van der Waals surface area contributed by atoms with Crippen molar-refractivity contribution in [1.29, 1.82) is 0 Å². The van der Waals surface area contributed by atoms with Gasteiger partial charge in [0.25, 0.3) is 0 Å². The van der Waals surface area contributed by atoms with Crippen molar-refractivity contribution in [3.63, 3.8) is 0 Å². The average molecular weight is 338 g/mol. The largest absolute Gasteiger partial charge is 0.591 e. The summed E-state index contributed by atoms with van der Waals surface area (Å²) in [5, 5.41) is 0.361. The highest BCUT2D eigenvalue weighted by Crippen LogP contribution is 2.22. The van der Waals surface area contributed by atoms with E-state index in [4.69, 9.17) is 11.6 Å². The van der Waals surface area contributed by atoms with E-state index in [1.807, 2.05) is 26.8 Å². The van der Waals surface area contributed by atoms with E-state index < -0.39 is 11.4 Å². The molecule has 94 valence electrons. The summed E-state index contributed by atoms with van der Waals surface area (Å²) in [6, 6.07) is 1.81. The van der Waals surface area contributed by atoms with Gasteiger partial charge in [0, 0.05) is 16.2 Å². The molecule has 0 aliphatic rings. The zero-order valence-corrected chi connectivity index (χ0v) is 13.3. The molecule has 0 spiro atoms. The molecule has 0 radical (unpaired) electrons. The molecule has 1 atom stereocenters. The summed E-state index contributed by atoms with van der Waals surface area (Å²) in [6.45, 7) is 7.40. The van der Waals surface area contributed by atoms with E-state index in [0.29, 0.717) is 16.4 Å². The van der Waals surface area contributed by atoms with Crippen molar-refractivity contribution in [3.05, 3.63) is 27.5 Å². The van der Waals surface area contributed by atoms with Gasteiger partial charge in [0.2, 0.25) is 0 Å². The third-order valence-electron chi connectivity index (χ3n) is 1.94. The lowest BCUT2D eigenvalue weighted by molar-refractivity contribution is 0.561. The molecule has 0 unspecified atom stereocenters. The van der Waals surface area contributed by atoms with Gasteiger partial charge in [0.15, 0.2) is 0 Å². The standard InChI is InChI=1S/C11H14BrClN2OS/c1-7(15-17(16)11(2,3)4)9-5-8(12)6-14-10(9)13/h5-6H,1-4H3/b15-7+/t17-/m1/s1. The minimum absolute atomic E-state index is 0.361. The Labute approximate surface area is 118 Å². The van der Waals surface area contributed by atoms with Crippen LogP contribution in [0.2, 0.25) is 5.15 Å². The van der Waals surface area contributed by atoms with Crippen molar-refractivity contribution >= 4 is 44.6 Å². The highest BCUT2D eigenvalue weighted by atomic mass is 79.9. The smallest absolute Gasteiger partial charge is 0.144 e. The topological polar surface area (TPSA) is 48.3 Å². The summed E-state index contributed by atoms with van der Waals surface area (Å²) in [6.07, 6.45) is 1.61. The minimum Gasteiger partial charge on any atom is -0.591 e. The average Bonchev–Trinajstić information content (AvgIpc) is 2.20. The summed E-state index contributed by atoms with van der Waals surface area (Å²) >= 11 is 8.00. The normalized spacial score (nSPS) is 14.9. The first-order valence-electron chi connectivity index (χ1n) is 5.00. The Hall–Kier alpha value is -0.100. The Bertz CT molecular complexity index is 446. The predicted molar refractivity (Wildman–Crippen MR) is 77.1 cm³/mol. The van der Waals surface area contributed by atoms with E-state index in [2.05, 4.69) is 25.3 Å². The quantitative estimate of drug-likeness (QED) is 0.468. The van der Waals surface area contributed by atoms with Crippen molar-refractivity contribution in [2.24, 2.45) is 4.40 Å². The first kappa shape index (κ1) is 15.0. The van der Waals surface area contributed by atoms with Crippen LogP contribution < -0.4 is 0 Å². The molecule has 1 aromatic rings. The highest BCUT2D eigenvalue weighted by molar-refractivity contribution is 9.10. The van der Waals surface area contributed by atoms with Crippen molar-refractivity contribution in [2.75, 3.05) is 0 Å². The van der Waals surface area contributed by atoms with E-state index >= 15 is 0 Å². The molecule has 0 N–H and O–H groups in total. The summed E-state index contributed by atoms with van der Waals surface area (Å²) in [5.41, 5.74) is 1.32. The van der Waals surface area contributed by atoms with Crippen LogP contribution in [0.3, 0.4) is 0 Å². The van der Waals surface area contributed by atoms with Crippen LogP contribution in [0.25, 0.3) is 0 Å². The number of hydrogen-bond acceptors (Lipinski definition) is 3. The second-order valence-corrected chi connectivity index (χ2v) is 7.71. The lowest BCUT2D eigenvalue weighted by Crippen LogP contribution is -2.26. The van der Waals surface area contributed by atoms with Crippen LogP contribution in [-0.2, 0) is 11.4 Å². The molecule has 6 heteroatoms. The molecule has 3 nitrogen and oxygen atoms in total. The SMILES string of the molecule is C/C(=N\[S@+]([O-])C(C)(C)C)c1cc(Br)cnc1Cl. The van der Waals surface area contributed by atoms with Crippen LogP contribution in [0.4, 0.5) is 0 Å². The maximum atomic E-state index is 11.9.